The van der Waals surface area contributed by atoms with Gasteiger partial charge >= 0.3 is 6.09 Å². The van der Waals surface area contributed by atoms with Gasteiger partial charge in [0.25, 0.3) is 5.91 Å². The molecule has 2 rings (SSSR count). The van der Waals surface area contributed by atoms with Gasteiger partial charge in [-0.2, -0.15) is 0 Å². The Morgan fingerprint density at radius 3 is 2.55 bits per heavy atom. The average Bonchev–Trinajstić information content (AvgIpc) is 2.84. The van der Waals surface area contributed by atoms with Gasteiger partial charge in [-0.05, 0) is 51.7 Å². The number of thiocarbonyl (C=S) groups is 1. The highest BCUT2D eigenvalue weighted by atomic mass is 127. The number of nitrogens with zero attached hydrogens (tertiary/aromatic N) is 2. The lowest BCUT2D eigenvalue weighted by atomic mass is 9.84. The smallest absolute Gasteiger partial charge is 0.410 e. The molecule has 0 aromatic heterocycles. The van der Waals surface area contributed by atoms with E-state index in [0.29, 0.717) is 11.4 Å². The quantitative estimate of drug-likeness (QED) is 0.298. The Hall–Kier alpha value is -0.820. The lowest BCUT2D eigenvalue weighted by molar-refractivity contribution is -0.141. The summed E-state index contributed by atoms with van der Waals surface area (Å²) >= 11 is 9.07. The van der Waals surface area contributed by atoms with Crippen LogP contribution in [0.25, 0.3) is 0 Å². The molecule has 2 aliphatic rings. The van der Waals surface area contributed by atoms with Gasteiger partial charge in [0.1, 0.15) is 17.7 Å². The Balaban J connectivity index is 2.14. The molecule has 0 spiro atoms. The normalized spacial score (nSPS) is 26.4. The molecule has 0 unspecified atom stereocenters. The highest BCUT2D eigenvalue weighted by Crippen LogP contribution is 2.46. The van der Waals surface area contributed by atoms with Crippen LogP contribution < -0.4 is 8.85 Å². The van der Waals surface area contributed by atoms with Crippen molar-refractivity contribution in [2.24, 2.45) is 5.41 Å². The second-order valence-electron chi connectivity index (χ2n) is 9.74. The molecule has 176 valence electrons. The molecular formula is C20H33IN4O4S2. The van der Waals surface area contributed by atoms with Crippen molar-refractivity contribution in [2.75, 3.05) is 12.8 Å². The van der Waals surface area contributed by atoms with E-state index in [0.717, 1.165) is 12.2 Å². The summed E-state index contributed by atoms with van der Waals surface area (Å²) in [6, 6.07) is -1.53. The molecule has 2 aliphatic heterocycles. The number of nitrogens with one attached hydrogen (secondary N) is 2. The van der Waals surface area contributed by atoms with Crippen LogP contribution in [0.4, 0.5) is 4.79 Å². The number of hydrogen-bond acceptors (Lipinski definition) is 6. The molecule has 0 radical (unpaired) electrons. The molecule has 0 bridgehead atoms. The van der Waals surface area contributed by atoms with Gasteiger partial charge in [0.2, 0.25) is 5.91 Å². The summed E-state index contributed by atoms with van der Waals surface area (Å²) in [6.07, 6.45) is 0.873. The number of carbonyl (C=O) groups is 3. The zero-order valence-electron chi connectivity index (χ0n) is 19.2. The lowest BCUT2D eigenvalue weighted by Gasteiger charge is -2.34. The van der Waals surface area contributed by atoms with Crippen molar-refractivity contribution in [3.63, 3.8) is 0 Å². The van der Waals surface area contributed by atoms with E-state index in [1.807, 2.05) is 36.7 Å². The van der Waals surface area contributed by atoms with Crippen LogP contribution in [0.5, 0.6) is 0 Å². The zero-order chi connectivity index (χ0) is 23.7. The highest BCUT2D eigenvalue weighted by Gasteiger charge is 2.54. The van der Waals surface area contributed by atoms with Gasteiger partial charge in [0.15, 0.2) is 0 Å². The predicted molar refractivity (Wildman–Crippen MR) is 135 cm³/mol. The Kier molecular flexibility index (Phi) is 8.51. The van der Waals surface area contributed by atoms with Gasteiger partial charge in [-0.15, -0.1) is 11.8 Å². The van der Waals surface area contributed by atoms with Crippen molar-refractivity contribution >= 4 is 69.7 Å². The van der Waals surface area contributed by atoms with Gasteiger partial charge in [0.05, 0.1) is 39.3 Å². The number of rotatable bonds is 4. The van der Waals surface area contributed by atoms with Crippen molar-refractivity contribution < 1.29 is 19.1 Å². The first-order valence-corrected chi connectivity index (χ1v) is 12.8. The first-order valence-electron chi connectivity index (χ1n) is 10.3. The van der Waals surface area contributed by atoms with Gasteiger partial charge in [-0.1, -0.05) is 26.1 Å². The monoisotopic (exact) mass is 584 g/mol. The Morgan fingerprint density at radius 2 is 2.00 bits per heavy atom. The van der Waals surface area contributed by atoms with Crippen LogP contribution in [0, 0.1) is 5.41 Å². The fourth-order valence-corrected chi connectivity index (χ4v) is 6.04. The molecule has 31 heavy (non-hydrogen) atoms. The molecule has 0 aromatic carbocycles. The second kappa shape index (κ2) is 9.98. The van der Waals surface area contributed by atoms with E-state index in [4.69, 9.17) is 17.0 Å². The van der Waals surface area contributed by atoms with Crippen LogP contribution in [-0.4, -0.2) is 74.6 Å². The van der Waals surface area contributed by atoms with E-state index in [1.165, 1.54) is 4.90 Å². The summed E-state index contributed by atoms with van der Waals surface area (Å²) in [6.45, 7) is 11.3. The maximum Gasteiger partial charge on any atom is 0.410 e. The summed E-state index contributed by atoms with van der Waals surface area (Å²) in [5.74, 6) is 0.487. The van der Waals surface area contributed by atoms with Gasteiger partial charge in [-0.25, -0.2) is 4.79 Å². The molecule has 0 aliphatic carbocycles. The summed E-state index contributed by atoms with van der Waals surface area (Å²) in [7, 11) is 1.62. The number of fused-ring (bicyclic) bond motifs is 1. The van der Waals surface area contributed by atoms with E-state index < -0.39 is 29.8 Å². The van der Waals surface area contributed by atoms with E-state index >= 15 is 0 Å². The SMILES string of the molecule is C[C@@H](C(=S)N[C@H]1CCS[C@H]2CC(C)(C)[C@@H](C(=O)NI)N2C1=O)N(C)C(=O)OC(C)(C)C. The first kappa shape index (κ1) is 26.4. The second-order valence-corrected chi connectivity index (χ2v) is 12.0. The van der Waals surface area contributed by atoms with Crippen LogP contribution in [-0.2, 0) is 14.3 Å². The molecule has 8 nitrogen and oxygen atoms in total. The summed E-state index contributed by atoms with van der Waals surface area (Å²) < 4.78 is 8.09. The van der Waals surface area contributed by atoms with E-state index in [-0.39, 0.29) is 22.6 Å². The molecule has 2 saturated heterocycles. The fraction of sp³-hybridized carbons (Fsp3) is 0.800. The largest absolute Gasteiger partial charge is 0.444 e. The van der Waals surface area contributed by atoms with E-state index in [9.17, 15) is 14.4 Å². The average molecular weight is 585 g/mol. The minimum absolute atomic E-state index is 0.0385. The third kappa shape index (κ3) is 6.16. The number of amides is 3. The zero-order valence-corrected chi connectivity index (χ0v) is 22.9. The van der Waals surface area contributed by atoms with Crippen LogP contribution >= 0.6 is 46.8 Å². The summed E-state index contributed by atoms with van der Waals surface area (Å²) in [4.78, 5) is 42.1. The van der Waals surface area contributed by atoms with Crippen LogP contribution in [0.1, 0.15) is 54.4 Å². The minimum atomic E-state index is -0.611. The third-order valence-electron chi connectivity index (χ3n) is 5.60. The van der Waals surface area contributed by atoms with Crippen LogP contribution in [0.3, 0.4) is 0 Å². The van der Waals surface area contributed by atoms with E-state index in [1.54, 1.807) is 51.4 Å². The number of likely N-dealkylation sites (N-methyl/N-ethyl adjacent to an activating group) is 1. The predicted octanol–water partition coefficient (Wildman–Crippen LogP) is 3.08. The minimum Gasteiger partial charge on any atom is -0.444 e. The molecule has 4 atom stereocenters. The van der Waals surface area contributed by atoms with Crippen molar-refractivity contribution in [1.82, 2.24) is 18.6 Å². The van der Waals surface area contributed by atoms with Gasteiger partial charge < -0.3 is 19.9 Å². The number of ether oxygens (including phenoxy) is 1. The standard InChI is InChI=1S/C20H33IN4O4S2/c1-11(24(7)18(28)29-19(2,3)4)16(30)22-12-8-9-31-13-10-20(5,6)14(15(26)23-21)25(13)17(12)27/h11-14H,8-10H2,1-7H3,(H,22,30)(H,23,26)/t11-,12-,13-,14+/m0/s1. The number of hydrogen-bond donors (Lipinski definition) is 2. The molecule has 11 heteroatoms. The summed E-state index contributed by atoms with van der Waals surface area (Å²) in [5, 5.41) is 3.13. The molecule has 2 heterocycles. The number of thioether (sulfide) groups is 1. The number of halogens is 1. The van der Waals surface area contributed by atoms with Crippen LogP contribution in [0.2, 0.25) is 0 Å². The molecular weight excluding hydrogens is 551 g/mol. The maximum absolute atomic E-state index is 13.5. The first-order chi connectivity index (χ1) is 14.2. The van der Waals surface area contributed by atoms with Crippen molar-refractivity contribution in [1.29, 1.82) is 0 Å². The fourth-order valence-electron chi connectivity index (χ4n) is 3.86. The van der Waals surface area contributed by atoms with Crippen molar-refractivity contribution in [2.45, 2.75) is 83.5 Å². The van der Waals surface area contributed by atoms with Crippen molar-refractivity contribution in [3.05, 3.63) is 0 Å². The topological polar surface area (TPSA) is 91.0 Å². The molecule has 0 saturated carbocycles. The lowest BCUT2D eigenvalue weighted by Crippen LogP contribution is -2.57. The summed E-state index contributed by atoms with van der Waals surface area (Å²) in [5.41, 5.74) is -0.935. The third-order valence-corrected chi connectivity index (χ3v) is 7.84. The van der Waals surface area contributed by atoms with Gasteiger partial charge in [0, 0.05) is 7.05 Å². The van der Waals surface area contributed by atoms with Crippen LogP contribution in [0.15, 0.2) is 0 Å². The Bertz CT molecular complexity index is 743. The van der Waals surface area contributed by atoms with E-state index in [2.05, 4.69) is 8.85 Å². The Morgan fingerprint density at radius 1 is 1.39 bits per heavy atom. The molecule has 2 N–H and O–H groups in total. The van der Waals surface area contributed by atoms with Gasteiger partial charge in [-0.3, -0.25) is 13.1 Å². The maximum atomic E-state index is 13.5. The highest BCUT2D eigenvalue weighted by molar-refractivity contribution is 14.1. The Labute approximate surface area is 208 Å². The molecule has 3 amide bonds. The number of carbonyl (C=O) groups excluding carboxylic acids is 3. The molecule has 2 fully saturated rings. The van der Waals surface area contributed by atoms with Crippen molar-refractivity contribution in [3.8, 4) is 0 Å². The molecule has 0 aromatic rings.